The fraction of sp³-hybridized carbons (Fsp3) is 0.538. The summed E-state index contributed by atoms with van der Waals surface area (Å²) < 4.78 is 0. The van der Waals surface area contributed by atoms with Crippen LogP contribution in [-0.2, 0) is 6.42 Å². The molecule has 0 aromatic heterocycles. The predicted molar refractivity (Wildman–Crippen MR) is 66.2 cm³/mol. The van der Waals surface area contributed by atoms with Gasteiger partial charge >= 0.3 is 0 Å². The molecule has 1 atom stereocenters. The molecular weight excluding hydrogens is 184 g/mol. The Balaban J connectivity index is 2.12. The molecule has 0 saturated heterocycles. The highest BCUT2D eigenvalue weighted by atomic mass is 15.1. The topological polar surface area (TPSA) is 15.3 Å². The fourth-order valence-electron chi connectivity index (χ4n) is 1.37. The molecule has 84 valence electrons. The predicted octanol–water partition coefficient (Wildman–Crippen LogP) is 1.77. The van der Waals surface area contributed by atoms with Crippen LogP contribution in [0.4, 0.5) is 0 Å². The number of hydrogen-bond donors (Lipinski definition) is 1. The summed E-state index contributed by atoms with van der Waals surface area (Å²) in [5.41, 5.74) is 1.41. The summed E-state index contributed by atoms with van der Waals surface area (Å²) in [6.07, 6.45) is 1.11. The van der Waals surface area contributed by atoms with Crippen LogP contribution in [0.15, 0.2) is 30.3 Å². The monoisotopic (exact) mass is 206 g/mol. The number of benzene rings is 1. The highest BCUT2D eigenvalue weighted by molar-refractivity contribution is 5.14. The van der Waals surface area contributed by atoms with Crippen molar-refractivity contribution in [1.29, 1.82) is 0 Å². The van der Waals surface area contributed by atoms with Crippen LogP contribution in [-0.4, -0.2) is 38.1 Å². The molecular formula is C13H22N2. The Kier molecular flexibility index (Phi) is 5.37. The Bertz CT molecular complexity index is 256. The molecule has 1 rings (SSSR count). The summed E-state index contributed by atoms with van der Waals surface area (Å²) in [6, 6.07) is 11.2. The normalized spacial score (nSPS) is 13.1. The minimum absolute atomic E-state index is 0.598. The van der Waals surface area contributed by atoms with Crippen molar-refractivity contribution in [3.8, 4) is 0 Å². The Morgan fingerprint density at radius 1 is 1.20 bits per heavy atom. The number of likely N-dealkylation sites (N-methyl/N-ethyl adjacent to an activating group) is 1. The maximum absolute atomic E-state index is 3.47. The first kappa shape index (κ1) is 12.2. The summed E-state index contributed by atoms with van der Waals surface area (Å²) in [5, 5.41) is 3.47. The third-order valence-electron chi connectivity index (χ3n) is 2.75. The summed E-state index contributed by atoms with van der Waals surface area (Å²) in [7, 11) is 4.23. The number of nitrogens with zero attached hydrogens (tertiary/aromatic N) is 1. The maximum atomic E-state index is 3.47. The summed E-state index contributed by atoms with van der Waals surface area (Å²) >= 11 is 0. The van der Waals surface area contributed by atoms with Crippen molar-refractivity contribution in [2.75, 3.05) is 27.2 Å². The molecule has 0 bridgehead atoms. The third-order valence-corrected chi connectivity index (χ3v) is 2.75. The lowest BCUT2D eigenvalue weighted by Crippen LogP contribution is -2.36. The second kappa shape index (κ2) is 6.59. The fourth-order valence-corrected chi connectivity index (χ4v) is 1.37. The average molecular weight is 206 g/mol. The number of hydrogen-bond acceptors (Lipinski definition) is 2. The van der Waals surface area contributed by atoms with Gasteiger partial charge in [-0.25, -0.2) is 0 Å². The first-order valence-corrected chi connectivity index (χ1v) is 5.61. The van der Waals surface area contributed by atoms with Crippen LogP contribution in [0.3, 0.4) is 0 Å². The van der Waals surface area contributed by atoms with Crippen molar-refractivity contribution in [3.63, 3.8) is 0 Å². The Morgan fingerprint density at radius 2 is 1.87 bits per heavy atom. The molecule has 1 unspecified atom stereocenters. The lowest BCUT2D eigenvalue weighted by atomic mass is 10.1. The lowest BCUT2D eigenvalue weighted by Gasteiger charge is -2.19. The van der Waals surface area contributed by atoms with E-state index >= 15 is 0 Å². The second-order valence-electron chi connectivity index (χ2n) is 4.25. The smallest absolute Gasteiger partial charge is 0.0186 e. The van der Waals surface area contributed by atoms with Gasteiger partial charge in [0, 0.05) is 12.6 Å². The standard InChI is InChI=1S/C13H22N2/c1-12(15(2)3)11-14-10-9-13-7-5-4-6-8-13/h4-8,12,14H,9-11H2,1-3H3. The van der Waals surface area contributed by atoms with Gasteiger partial charge < -0.3 is 10.2 Å². The molecule has 1 N–H and O–H groups in total. The molecule has 0 heterocycles. The van der Waals surface area contributed by atoms with Gasteiger partial charge in [-0.3, -0.25) is 0 Å². The average Bonchev–Trinajstić information content (AvgIpc) is 2.25. The van der Waals surface area contributed by atoms with Crippen LogP contribution < -0.4 is 5.32 Å². The van der Waals surface area contributed by atoms with Gasteiger partial charge in [0.1, 0.15) is 0 Å². The van der Waals surface area contributed by atoms with E-state index < -0.39 is 0 Å². The van der Waals surface area contributed by atoms with Crippen LogP contribution in [0, 0.1) is 0 Å². The Hall–Kier alpha value is -0.860. The van der Waals surface area contributed by atoms with E-state index in [9.17, 15) is 0 Å². The molecule has 0 aliphatic carbocycles. The van der Waals surface area contributed by atoms with E-state index in [1.165, 1.54) is 5.56 Å². The van der Waals surface area contributed by atoms with Gasteiger partial charge in [-0.2, -0.15) is 0 Å². The zero-order chi connectivity index (χ0) is 11.1. The van der Waals surface area contributed by atoms with E-state index in [2.05, 4.69) is 61.6 Å². The van der Waals surface area contributed by atoms with Crippen molar-refractivity contribution >= 4 is 0 Å². The molecule has 0 spiro atoms. The van der Waals surface area contributed by atoms with Crippen LogP contribution in [0.25, 0.3) is 0 Å². The molecule has 15 heavy (non-hydrogen) atoms. The zero-order valence-electron chi connectivity index (χ0n) is 10.0. The third kappa shape index (κ3) is 4.96. The van der Waals surface area contributed by atoms with E-state index in [-0.39, 0.29) is 0 Å². The van der Waals surface area contributed by atoms with Gasteiger partial charge in [-0.15, -0.1) is 0 Å². The summed E-state index contributed by atoms with van der Waals surface area (Å²) in [5.74, 6) is 0. The molecule has 0 aliphatic rings. The number of nitrogens with one attached hydrogen (secondary N) is 1. The van der Waals surface area contributed by atoms with Gasteiger partial charge in [-0.1, -0.05) is 30.3 Å². The van der Waals surface area contributed by atoms with Gasteiger partial charge in [0.25, 0.3) is 0 Å². The minimum atomic E-state index is 0.598. The van der Waals surface area contributed by atoms with Crippen molar-refractivity contribution < 1.29 is 0 Å². The van der Waals surface area contributed by atoms with Crippen LogP contribution in [0.1, 0.15) is 12.5 Å². The van der Waals surface area contributed by atoms with E-state index in [4.69, 9.17) is 0 Å². The van der Waals surface area contributed by atoms with E-state index in [1.807, 2.05) is 0 Å². The second-order valence-corrected chi connectivity index (χ2v) is 4.25. The molecule has 0 amide bonds. The summed E-state index contributed by atoms with van der Waals surface area (Å²) in [4.78, 5) is 2.23. The van der Waals surface area contributed by atoms with Gasteiger partial charge in [0.15, 0.2) is 0 Å². The first-order valence-electron chi connectivity index (χ1n) is 5.61. The molecule has 2 heteroatoms. The molecule has 1 aromatic carbocycles. The van der Waals surface area contributed by atoms with Crippen molar-refractivity contribution in [1.82, 2.24) is 10.2 Å². The number of rotatable bonds is 6. The van der Waals surface area contributed by atoms with Gasteiger partial charge in [0.05, 0.1) is 0 Å². The Labute approximate surface area is 93.3 Å². The molecule has 0 radical (unpaired) electrons. The van der Waals surface area contributed by atoms with Crippen molar-refractivity contribution in [2.24, 2.45) is 0 Å². The van der Waals surface area contributed by atoms with Gasteiger partial charge in [0.2, 0.25) is 0 Å². The quantitative estimate of drug-likeness (QED) is 0.714. The highest BCUT2D eigenvalue weighted by Gasteiger charge is 2.02. The highest BCUT2D eigenvalue weighted by Crippen LogP contribution is 1.98. The first-order chi connectivity index (χ1) is 7.20. The molecule has 0 saturated carbocycles. The lowest BCUT2D eigenvalue weighted by molar-refractivity contribution is 0.303. The van der Waals surface area contributed by atoms with Gasteiger partial charge in [-0.05, 0) is 39.5 Å². The Morgan fingerprint density at radius 3 is 2.47 bits per heavy atom. The summed E-state index contributed by atoms with van der Waals surface area (Å²) in [6.45, 7) is 4.34. The van der Waals surface area contributed by atoms with Crippen molar-refractivity contribution in [3.05, 3.63) is 35.9 Å². The maximum Gasteiger partial charge on any atom is 0.0186 e. The molecule has 2 nitrogen and oxygen atoms in total. The van der Waals surface area contributed by atoms with Crippen LogP contribution >= 0.6 is 0 Å². The SMILES string of the molecule is CC(CNCCc1ccccc1)N(C)C. The van der Waals surface area contributed by atoms with E-state index in [0.717, 1.165) is 19.5 Å². The van der Waals surface area contributed by atoms with Crippen LogP contribution in [0.2, 0.25) is 0 Å². The molecule has 0 fully saturated rings. The largest absolute Gasteiger partial charge is 0.315 e. The molecule has 0 aliphatic heterocycles. The van der Waals surface area contributed by atoms with Crippen LogP contribution in [0.5, 0.6) is 0 Å². The minimum Gasteiger partial charge on any atom is -0.315 e. The molecule has 1 aromatic rings. The van der Waals surface area contributed by atoms with Crippen molar-refractivity contribution in [2.45, 2.75) is 19.4 Å². The van der Waals surface area contributed by atoms with E-state index in [0.29, 0.717) is 6.04 Å². The zero-order valence-corrected chi connectivity index (χ0v) is 10.0. The van der Waals surface area contributed by atoms with E-state index in [1.54, 1.807) is 0 Å².